The Labute approximate surface area is 115 Å². The van der Waals surface area contributed by atoms with Crippen LogP contribution in [-0.4, -0.2) is 55.6 Å². The Balaban J connectivity index is 2.07. The number of benzene rings is 1. The molecule has 98 valence electrons. The number of β-amino-alcohol motifs (C(OH)–C–C–N with tert-alkyl or cyclic N) is 1. The minimum absolute atomic E-state index is 0.206. The number of carbonyl (C=O) groups excluding carboxylic acids is 1. The smallest absolute Gasteiger partial charge is 0.152 e. The number of piperazine rings is 1. The molecule has 0 amide bonds. The minimum atomic E-state index is 0.206. The van der Waals surface area contributed by atoms with Gasteiger partial charge in [-0.2, -0.15) is 0 Å². The topological polar surface area (TPSA) is 43.8 Å². The van der Waals surface area contributed by atoms with Gasteiger partial charge >= 0.3 is 0 Å². The van der Waals surface area contributed by atoms with Crippen molar-refractivity contribution in [1.29, 1.82) is 0 Å². The Morgan fingerprint density at radius 3 is 2.61 bits per heavy atom. The Bertz CT molecular complexity index is 417. The molecule has 1 aliphatic rings. The van der Waals surface area contributed by atoms with E-state index in [-0.39, 0.29) is 6.61 Å². The van der Waals surface area contributed by atoms with Gasteiger partial charge in [0.2, 0.25) is 0 Å². The third kappa shape index (κ3) is 3.10. The van der Waals surface area contributed by atoms with Gasteiger partial charge in [0.1, 0.15) is 0 Å². The summed E-state index contributed by atoms with van der Waals surface area (Å²) in [4.78, 5) is 15.6. The summed E-state index contributed by atoms with van der Waals surface area (Å²) in [6.45, 7) is 4.57. The van der Waals surface area contributed by atoms with Gasteiger partial charge in [-0.25, -0.2) is 0 Å². The molecular weight excluding hydrogens is 296 g/mol. The lowest BCUT2D eigenvalue weighted by Gasteiger charge is -2.36. The number of aliphatic hydroxyl groups excluding tert-OH is 1. The lowest BCUT2D eigenvalue weighted by molar-refractivity contribution is 0.112. The Kier molecular flexibility index (Phi) is 4.74. The van der Waals surface area contributed by atoms with Crippen LogP contribution in [0.1, 0.15) is 10.4 Å². The summed E-state index contributed by atoms with van der Waals surface area (Å²) in [6.07, 6.45) is 0.903. The summed E-state index contributed by atoms with van der Waals surface area (Å²) in [5.74, 6) is 0. The zero-order chi connectivity index (χ0) is 13.0. The van der Waals surface area contributed by atoms with Gasteiger partial charge in [-0.1, -0.05) is 15.9 Å². The van der Waals surface area contributed by atoms with Crippen LogP contribution in [0.3, 0.4) is 0 Å². The van der Waals surface area contributed by atoms with E-state index in [1.165, 1.54) is 0 Å². The van der Waals surface area contributed by atoms with Crippen molar-refractivity contribution in [2.75, 3.05) is 44.2 Å². The van der Waals surface area contributed by atoms with Gasteiger partial charge in [-0.3, -0.25) is 9.69 Å². The first-order chi connectivity index (χ1) is 8.74. The SMILES string of the molecule is O=Cc1cc(Br)ccc1N1CCN(CCO)CC1. The van der Waals surface area contributed by atoms with E-state index in [4.69, 9.17) is 5.11 Å². The van der Waals surface area contributed by atoms with E-state index in [2.05, 4.69) is 25.7 Å². The quantitative estimate of drug-likeness (QED) is 0.853. The maximum absolute atomic E-state index is 11.1. The van der Waals surface area contributed by atoms with Crippen LogP contribution >= 0.6 is 15.9 Å². The number of nitrogens with zero attached hydrogens (tertiary/aromatic N) is 2. The average molecular weight is 313 g/mol. The molecule has 18 heavy (non-hydrogen) atoms. The minimum Gasteiger partial charge on any atom is -0.395 e. The van der Waals surface area contributed by atoms with E-state index in [1.54, 1.807) is 0 Å². The number of aldehydes is 1. The number of halogens is 1. The highest BCUT2D eigenvalue weighted by molar-refractivity contribution is 9.10. The van der Waals surface area contributed by atoms with E-state index in [0.717, 1.165) is 54.7 Å². The van der Waals surface area contributed by atoms with Crippen molar-refractivity contribution in [3.63, 3.8) is 0 Å². The van der Waals surface area contributed by atoms with Crippen molar-refractivity contribution in [3.8, 4) is 0 Å². The molecule has 1 saturated heterocycles. The molecule has 0 unspecified atom stereocenters. The van der Waals surface area contributed by atoms with Gasteiger partial charge < -0.3 is 10.0 Å². The third-order valence-electron chi connectivity index (χ3n) is 3.25. The molecule has 1 fully saturated rings. The average Bonchev–Trinajstić information content (AvgIpc) is 2.40. The highest BCUT2D eigenvalue weighted by Gasteiger charge is 2.18. The number of rotatable bonds is 4. The van der Waals surface area contributed by atoms with Crippen LogP contribution in [0.15, 0.2) is 22.7 Å². The number of anilines is 1. The van der Waals surface area contributed by atoms with Crippen LogP contribution < -0.4 is 4.90 Å². The van der Waals surface area contributed by atoms with Crippen molar-refractivity contribution in [2.45, 2.75) is 0 Å². The van der Waals surface area contributed by atoms with Crippen molar-refractivity contribution >= 4 is 27.9 Å². The van der Waals surface area contributed by atoms with E-state index in [0.29, 0.717) is 0 Å². The van der Waals surface area contributed by atoms with E-state index >= 15 is 0 Å². The van der Waals surface area contributed by atoms with Crippen molar-refractivity contribution in [1.82, 2.24) is 4.90 Å². The molecule has 2 rings (SSSR count). The normalized spacial score (nSPS) is 16.9. The van der Waals surface area contributed by atoms with Gasteiger partial charge in [0.05, 0.1) is 6.61 Å². The standard InChI is InChI=1S/C13H17BrN2O2/c14-12-1-2-13(11(9-12)10-18)16-5-3-15(4-6-16)7-8-17/h1-2,9-10,17H,3-8H2. The fraction of sp³-hybridized carbons (Fsp3) is 0.462. The summed E-state index contributed by atoms with van der Waals surface area (Å²) in [5, 5.41) is 8.91. The summed E-state index contributed by atoms with van der Waals surface area (Å²) in [7, 11) is 0. The second-order valence-corrected chi connectivity index (χ2v) is 5.29. The Morgan fingerprint density at radius 2 is 2.00 bits per heavy atom. The summed E-state index contributed by atoms with van der Waals surface area (Å²) in [5.41, 5.74) is 1.72. The van der Waals surface area contributed by atoms with E-state index in [9.17, 15) is 4.79 Å². The van der Waals surface area contributed by atoms with Gasteiger partial charge in [0.15, 0.2) is 6.29 Å². The highest BCUT2D eigenvalue weighted by atomic mass is 79.9. The number of aliphatic hydroxyl groups is 1. The number of hydrogen-bond donors (Lipinski definition) is 1. The van der Waals surface area contributed by atoms with Crippen molar-refractivity contribution < 1.29 is 9.90 Å². The first-order valence-electron chi connectivity index (χ1n) is 6.07. The zero-order valence-corrected chi connectivity index (χ0v) is 11.8. The van der Waals surface area contributed by atoms with E-state index < -0.39 is 0 Å². The fourth-order valence-corrected chi connectivity index (χ4v) is 2.64. The molecule has 4 nitrogen and oxygen atoms in total. The molecule has 0 aliphatic carbocycles. The molecule has 0 saturated carbocycles. The molecule has 1 N–H and O–H groups in total. The van der Waals surface area contributed by atoms with Gasteiger partial charge in [-0.05, 0) is 18.2 Å². The lowest BCUT2D eigenvalue weighted by Crippen LogP contribution is -2.47. The van der Waals surface area contributed by atoms with Crippen LogP contribution in [0.5, 0.6) is 0 Å². The van der Waals surface area contributed by atoms with Gasteiger partial charge in [-0.15, -0.1) is 0 Å². The second kappa shape index (κ2) is 6.31. The molecule has 1 heterocycles. The summed E-state index contributed by atoms with van der Waals surface area (Å²) < 4.78 is 0.923. The maximum atomic E-state index is 11.1. The predicted molar refractivity (Wildman–Crippen MR) is 75.3 cm³/mol. The molecule has 0 atom stereocenters. The van der Waals surface area contributed by atoms with Gasteiger partial charge in [0.25, 0.3) is 0 Å². The van der Waals surface area contributed by atoms with Crippen LogP contribution in [0, 0.1) is 0 Å². The predicted octanol–water partition coefficient (Wildman–Crippen LogP) is 1.38. The molecule has 0 bridgehead atoms. The zero-order valence-electron chi connectivity index (χ0n) is 10.2. The number of hydrogen-bond acceptors (Lipinski definition) is 4. The first kappa shape index (κ1) is 13.5. The monoisotopic (exact) mass is 312 g/mol. The molecular formula is C13H17BrN2O2. The van der Waals surface area contributed by atoms with Crippen molar-refractivity contribution in [2.24, 2.45) is 0 Å². The first-order valence-corrected chi connectivity index (χ1v) is 6.87. The molecule has 0 spiro atoms. The Morgan fingerprint density at radius 1 is 1.28 bits per heavy atom. The van der Waals surface area contributed by atoms with Crippen molar-refractivity contribution in [3.05, 3.63) is 28.2 Å². The number of carbonyl (C=O) groups is 1. The van der Waals surface area contributed by atoms with Gasteiger partial charge in [0, 0.05) is 48.4 Å². The van der Waals surface area contributed by atoms with E-state index in [1.807, 2.05) is 18.2 Å². The molecule has 0 radical (unpaired) electrons. The fourth-order valence-electron chi connectivity index (χ4n) is 2.26. The maximum Gasteiger partial charge on any atom is 0.152 e. The largest absolute Gasteiger partial charge is 0.395 e. The van der Waals surface area contributed by atoms with Crippen LogP contribution in [0.2, 0.25) is 0 Å². The summed E-state index contributed by atoms with van der Waals surface area (Å²) in [6, 6.07) is 5.79. The summed E-state index contributed by atoms with van der Waals surface area (Å²) >= 11 is 3.38. The van der Waals surface area contributed by atoms with Crippen LogP contribution in [-0.2, 0) is 0 Å². The highest BCUT2D eigenvalue weighted by Crippen LogP contribution is 2.24. The lowest BCUT2D eigenvalue weighted by atomic mass is 10.1. The molecule has 1 aliphatic heterocycles. The van der Waals surface area contributed by atoms with Crippen LogP contribution in [0.4, 0.5) is 5.69 Å². The molecule has 1 aromatic carbocycles. The van der Waals surface area contributed by atoms with Crippen LogP contribution in [0.25, 0.3) is 0 Å². The second-order valence-electron chi connectivity index (χ2n) is 4.37. The molecule has 5 heteroatoms. The Hall–Kier alpha value is -0.910. The third-order valence-corrected chi connectivity index (χ3v) is 3.74. The molecule has 0 aromatic heterocycles. The molecule has 1 aromatic rings.